The normalized spacial score (nSPS) is 11.5. The first-order chi connectivity index (χ1) is 7.29. The molecule has 0 spiro atoms. The van der Waals surface area contributed by atoms with Crippen LogP contribution in [0.4, 0.5) is 8.78 Å². The maximum atomic E-state index is 12.4. The minimum atomic E-state index is -4.30. The van der Waals surface area contributed by atoms with Crippen molar-refractivity contribution in [1.29, 1.82) is 5.26 Å². The van der Waals surface area contributed by atoms with Gasteiger partial charge in [0, 0.05) is 6.20 Å². The summed E-state index contributed by atoms with van der Waals surface area (Å²) in [5.74, 6) is 0. The van der Waals surface area contributed by atoms with Crippen molar-refractivity contribution in [2.75, 3.05) is 0 Å². The lowest BCUT2D eigenvalue weighted by atomic mass is 10.2. The maximum Gasteiger partial charge on any atom is 0.266 e. The number of sulfonamides is 1. The lowest BCUT2D eigenvalue weighted by Crippen LogP contribution is -2.16. The van der Waals surface area contributed by atoms with E-state index in [-0.39, 0.29) is 0 Å². The highest BCUT2D eigenvalue weighted by atomic mass is 79.9. The number of nitrogens with two attached hydrogens (primary N) is 1. The van der Waals surface area contributed by atoms with Crippen LogP contribution < -0.4 is 5.14 Å². The van der Waals surface area contributed by atoms with Crippen molar-refractivity contribution < 1.29 is 17.2 Å². The average Bonchev–Trinajstić information content (AvgIpc) is 2.14. The summed E-state index contributed by atoms with van der Waals surface area (Å²) in [5.41, 5.74) is -1.16. The van der Waals surface area contributed by atoms with Crippen LogP contribution in [0.5, 0.6) is 0 Å². The van der Waals surface area contributed by atoms with Crippen LogP contribution in [0.2, 0.25) is 0 Å². The first-order valence-corrected chi connectivity index (χ1v) is 6.02. The third kappa shape index (κ3) is 2.34. The molecule has 5 nitrogen and oxygen atoms in total. The van der Waals surface area contributed by atoms with E-state index in [0.29, 0.717) is 0 Å². The van der Waals surface area contributed by atoms with Gasteiger partial charge in [-0.3, -0.25) is 0 Å². The van der Waals surface area contributed by atoms with Gasteiger partial charge in [0.15, 0.2) is 5.69 Å². The molecule has 0 radical (unpaired) electrons. The third-order valence-electron chi connectivity index (χ3n) is 1.63. The standard InChI is InChI=1S/C7H4BrF2N3O2S/c8-5-3(7(9)10)2-13-4(1-11)6(5)16(12,14)15/h2,7H,(H2,12,14,15). The minimum absolute atomic E-state index is 0.434. The number of pyridine rings is 1. The summed E-state index contributed by atoms with van der Waals surface area (Å²) in [6.07, 6.45) is -2.20. The summed E-state index contributed by atoms with van der Waals surface area (Å²) in [4.78, 5) is 2.59. The lowest BCUT2D eigenvalue weighted by molar-refractivity contribution is 0.149. The fourth-order valence-electron chi connectivity index (χ4n) is 0.976. The number of aromatic nitrogens is 1. The van der Waals surface area contributed by atoms with Crippen LogP contribution >= 0.6 is 15.9 Å². The van der Waals surface area contributed by atoms with Gasteiger partial charge in [-0.1, -0.05) is 0 Å². The molecule has 0 aromatic carbocycles. The smallest absolute Gasteiger partial charge is 0.244 e. The van der Waals surface area contributed by atoms with E-state index in [1.165, 1.54) is 6.07 Å². The Morgan fingerprint density at radius 2 is 2.12 bits per heavy atom. The molecule has 0 aliphatic rings. The molecule has 0 aliphatic carbocycles. The SMILES string of the molecule is N#Cc1ncc(C(F)F)c(Br)c1S(N)(=O)=O. The molecule has 0 atom stereocenters. The molecule has 9 heteroatoms. The highest BCUT2D eigenvalue weighted by molar-refractivity contribution is 9.10. The number of hydrogen-bond donors (Lipinski definition) is 1. The van der Waals surface area contributed by atoms with Gasteiger partial charge in [-0.25, -0.2) is 27.3 Å². The van der Waals surface area contributed by atoms with Crippen LogP contribution in [0.1, 0.15) is 17.7 Å². The molecule has 86 valence electrons. The third-order valence-corrected chi connectivity index (χ3v) is 3.71. The number of primary sulfonamides is 1. The van der Waals surface area contributed by atoms with Gasteiger partial charge in [-0.05, 0) is 15.9 Å². The molecule has 0 amide bonds. The molecule has 0 bridgehead atoms. The first kappa shape index (κ1) is 13.0. The second-order valence-corrected chi connectivity index (χ2v) is 4.95. The summed E-state index contributed by atoms with van der Waals surface area (Å²) >= 11 is 2.68. The fraction of sp³-hybridized carbons (Fsp3) is 0.143. The van der Waals surface area contributed by atoms with Crippen molar-refractivity contribution in [3.05, 3.63) is 21.9 Å². The Bertz CT molecular complexity index is 568. The topological polar surface area (TPSA) is 96.8 Å². The van der Waals surface area contributed by atoms with E-state index in [2.05, 4.69) is 20.9 Å². The zero-order chi connectivity index (χ0) is 12.5. The van der Waals surface area contributed by atoms with Gasteiger partial charge in [-0.15, -0.1) is 0 Å². The van der Waals surface area contributed by atoms with E-state index in [1.807, 2.05) is 0 Å². The van der Waals surface area contributed by atoms with Crippen molar-refractivity contribution in [2.45, 2.75) is 11.3 Å². The summed E-state index contributed by atoms with van der Waals surface area (Å²) in [6.45, 7) is 0. The van der Waals surface area contributed by atoms with E-state index < -0.39 is 37.1 Å². The summed E-state index contributed by atoms with van der Waals surface area (Å²) in [5, 5.41) is 13.4. The molecule has 1 aromatic rings. The quantitative estimate of drug-likeness (QED) is 0.890. The van der Waals surface area contributed by atoms with Gasteiger partial charge >= 0.3 is 0 Å². The predicted molar refractivity (Wildman–Crippen MR) is 53.0 cm³/mol. The van der Waals surface area contributed by atoms with Gasteiger partial charge in [0.1, 0.15) is 11.0 Å². The Labute approximate surface area is 98.1 Å². The molecular formula is C7H4BrF2N3O2S. The van der Waals surface area contributed by atoms with E-state index in [1.54, 1.807) is 0 Å². The van der Waals surface area contributed by atoms with Crippen LogP contribution in [-0.4, -0.2) is 13.4 Å². The highest BCUT2D eigenvalue weighted by Crippen LogP contribution is 2.32. The van der Waals surface area contributed by atoms with Crippen LogP contribution in [0.25, 0.3) is 0 Å². The van der Waals surface area contributed by atoms with E-state index in [9.17, 15) is 17.2 Å². The molecule has 1 heterocycles. The fourth-order valence-corrected chi connectivity index (χ4v) is 2.85. The predicted octanol–water partition coefficient (Wildman–Crippen LogP) is 1.30. The highest BCUT2D eigenvalue weighted by Gasteiger charge is 2.25. The average molecular weight is 312 g/mol. The van der Waals surface area contributed by atoms with Crippen LogP contribution in [0, 0.1) is 11.3 Å². The molecule has 0 aliphatic heterocycles. The van der Waals surface area contributed by atoms with Crippen molar-refractivity contribution in [3.8, 4) is 6.07 Å². The Hall–Kier alpha value is -1.11. The largest absolute Gasteiger partial charge is 0.266 e. The van der Waals surface area contributed by atoms with E-state index >= 15 is 0 Å². The second-order valence-electron chi connectivity index (χ2n) is 2.66. The van der Waals surface area contributed by atoms with E-state index in [4.69, 9.17) is 10.4 Å². The molecule has 16 heavy (non-hydrogen) atoms. The number of halogens is 3. The monoisotopic (exact) mass is 311 g/mol. The molecule has 1 aromatic heterocycles. The Balaban J connectivity index is 3.69. The van der Waals surface area contributed by atoms with Gasteiger partial charge in [0.25, 0.3) is 6.43 Å². The maximum absolute atomic E-state index is 12.4. The van der Waals surface area contributed by atoms with Gasteiger partial charge in [0.2, 0.25) is 10.0 Å². The molecule has 2 N–H and O–H groups in total. The number of hydrogen-bond acceptors (Lipinski definition) is 4. The van der Waals surface area contributed by atoms with Crippen molar-refractivity contribution in [1.82, 2.24) is 4.98 Å². The van der Waals surface area contributed by atoms with Crippen LogP contribution in [-0.2, 0) is 10.0 Å². The second kappa shape index (κ2) is 4.40. The van der Waals surface area contributed by atoms with Crippen molar-refractivity contribution in [2.24, 2.45) is 5.14 Å². The summed E-state index contributed by atoms with van der Waals surface area (Å²) < 4.78 is 46.7. The van der Waals surface area contributed by atoms with Crippen molar-refractivity contribution >= 4 is 26.0 Å². The Morgan fingerprint density at radius 1 is 1.56 bits per heavy atom. The number of alkyl halides is 2. The Kier molecular flexibility index (Phi) is 3.57. The van der Waals surface area contributed by atoms with Gasteiger partial charge in [0.05, 0.1) is 10.0 Å². The lowest BCUT2D eigenvalue weighted by Gasteiger charge is -2.08. The molecule has 1 rings (SSSR count). The van der Waals surface area contributed by atoms with Gasteiger partial charge in [-0.2, -0.15) is 5.26 Å². The molecular weight excluding hydrogens is 308 g/mol. The zero-order valence-electron chi connectivity index (χ0n) is 7.49. The zero-order valence-corrected chi connectivity index (χ0v) is 9.89. The van der Waals surface area contributed by atoms with E-state index in [0.717, 1.165) is 6.20 Å². The van der Waals surface area contributed by atoms with Gasteiger partial charge < -0.3 is 0 Å². The minimum Gasteiger partial charge on any atom is -0.244 e. The first-order valence-electron chi connectivity index (χ1n) is 3.68. The Morgan fingerprint density at radius 3 is 2.50 bits per heavy atom. The molecule has 0 fully saturated rings. The number of nitriles is 1. The molecule has 0 saturated heterocycles. The summed E-state index contributed by atoms with van der Waals surface area (Å²) in [6, 6.07) is 1.46. The molecule has 0 unspecified atom stereocenters. The summed E-state index contributed by atoms with van der Waals surface area (Å²) in [7, 11) is -4.30. The van der Waals surface area contributed by atoms with Crippen LogP contribution in [0.15, 0.2) is 15.6 Å². The number of nitrogens with zero attached hydrogens (tertiary/aromatic N) is 2. The number of rotatable bonds is 2. The molecule has 0 saturated carbocycles. The van der Waals surface area contributed by atoms with Crippen molar-refractivity contribution in [3.63, 3.8) is 0 Å². The van der Waals surface area contributed by atoms with Crippen LogP contribution in [0.3, 0.4) is 0 Å².